The topological polar surface area (TPSA) is 60.7 Å². The highest BCUT2D eigenvalue weighted by atomic mass is 16.3. The Hall–Kier alpha value is -2.94. The molecular weight excluding hydrogens is 456 g/mol. The third-order valence-corrected chi connectivity index (χ3v) is 9.38. The molecule has 0 unspecified atom stereocenters. The SMILES string of the molecule is Cc1cc(O)c(C(C)(c2ccccc2O)c2cc(C3CCCCC3)c(C)cc2O)cc1C1CCCCC1. The normalized spacial score (nSPS) is 17.7. The molecule has 3 N–H and O–H groups in total. The van der Waals surface area contributed by atoms with Gasteiger partial charge < -0.3 is 15.3 Å². The van der Waals surface area contributed by atoms with Crippen LogP contribution < -0.4 is 0 Å². The largest absolute Gasteiger partial charge is 0.508 e. The molecule has 3 aromatic carbocycles. The number of benzene rings is 3. The van der Waals surface area contributed by atoms with Gasteiger partial charge in [0.05, 0.1) is 5.41 Å². The van der Waals surface area contributed by atoms with E-state index in [1.54, 1.807) is 6.07 Å². The van der Waals surface area contributed by atoms with Crippen LogP contribution in [0.3, 0.4) is 0 Å². The van der Waals surface area contributed by atoms with E-state index in [0.717, 1.165) is 22.3 Å². The van der Waals surface area contributed by atoms with Crippen molar-refractivity contribution in [2.75, 3.05) is 0 Å². The number of phenolic OH excluding ortho intramolecular Hbond substituents is 3. The molecule has 5 rings (SSSR count). The molecule has 196 valence electrons. The Balaban J connectivity index is 1.75. The van der Waals surface area contributed by atoms with Crippen LogP contribution in [0.25, 0.3) is 0 Å². The Labute approximate surface area is 222 Å². The van der Waals surface area contributed by atoms with Gasteiger partial charge in [-0.3, -0.25) is 0 Å². The van der Waals surface area contributed by atoms with Crippen molar-refractivity contribution in [3.63, 3.8) is 0 Å². The molecule has 3 nitrogen and oxygen atoms in total. The van der Waals surface area contributed by atoms with Gasteiger partial charge in [0.2, 0.25) is 0 Å². The average Bonchev–Trinajstić information content (AvgIpc) is 2.90. The van der Waals surface area contributed by atoms with E-state index in [4.69, 9.17) is 0 Å². The maximum atomic E-state index is 11.5. The van der Waals surface area contributed by atoms with Crippen LogP contribution in [0.1, 0.15) is 122 Å². The molecule has 3 heteroatoms. The van der Waals surface area contributed by atoms with Crippen molar-refractivity contribution in [2.45, 2.75) is 102 Å². The summed E-state index contributed by atoms with van der Waals surface area (Å²) in [6.45, 7) is 6.23. The summed E-state index contributed by atoms with van der Waals surface area (Å²) in [5.41, 5.74) is 6.04. The summed E-state index contributed by atoms with van der Waals surface area (Å²) < 4.78 is 0. The fourth-order valence-electron chi connectivity index (χ4n) is 7.26. The van der Waals surface area contributed by atoms with E-state index in [-0.39, 0.29) is 17.2 Å². The zero-order valence-electron chi connectivity index (χ0n) is 22.7. The molecule has 0 aliphatic heterocycles. The van der Waals surface area contributed by atoms with Gasteiger partial charge in [-0.2, -0.15) is 0 Å². The fraction of sp³-hybridized carbons (Fsp3) is 0.471. The monoisotopic (exact) mass is 498 g/mol. The highest BCUT2D eigenvalue weighted by molar-refractivity contribution is 5.63. The van der Waals surface area contributed by atoms with Gasteiger partial charge in [-0.1, -0.05) is 68.9 Å². The molecule has 0 aromatic heterocycles. The molecule has 0 saturated heterocycles. The van der Waals surface area contributed by atoms with Gasteiger partial charge in [-0.25, -0.2) is 0 Å². The van der Waals surface area contributed by atoms with E-state index in [2.05, 4.69) is 26.0 Å². The number of hydrogen-bond acceptors (Lipinski definition) is 3. The third kappa shape index (κ3) is 4.74. The van der Waals surface area contributed by atoms with E-state index in [0.29, 0.717) is 17.4 Å². The minimum absolute atomic E-state index is 0.170. The van der Waals surface area contributed by atoms with Crippen LogP contribution in [0.15, 0.2) is 48.5 Å². The molecule has 37 heavy (non-hydrogen) atoms. The number of aromatic hydroxyl groups is 3. The molecule has 0 bridgehead atoms. The number of hydrogen-bond donors (Lipinski definition) is 3. The van der Waals surface area contributed by atoms with Crippen molar-refractivity contribution in [1.29, 1.82) is 0 Å². The lowest BCUT2D eigenvalue weighted by Crippen LogP contribution is -2.27. The Morgan fingerprint density at radius 2 is 1.00 bits per heavy atom. The fourth-order valence-corrected chi connectivity index (χ4v) is 7.26. The Kier molecular flexibility index (Phi) is 7.25. The molecule has 2 saturated carbocycles. The summed E-state index contributed by atoms with van der Waals surface area (Å²) in [6, 6.07) is 15.5. The number of para-hydroxylation sites is 1. The lowest BCUT2D eigenvalue weighted by Gasteiger charge is -2.36. The van der Waals surface area contributed by atoms with Crippen LogP contribution in [0.4, 0.5) is 0 Å². The van der Waals surface area contributed by atoms with Gasteiger partial charge in [0, 0.05) is 16.7 Å². The summed E-state index contributed by atoms with van der Waals surface area (Å²) >= 11 is 0. The van der Waals surface area contributed by atoms with Crippen molar-refractivity contribution < 1.29 is 15.3 Å². The number of rotatable bonds is 5. The van der Waals surface area contributed by atoms with E-state index in [1.165, 1.54) is 75.3 Å². The molecule has 2 aliphatic carbocycles. The smallest absolute Gasteiger partial charge is 0.120 e. The summed E-state index contributed by atoms with van der Waals surface area (Å²) in [7, 11) is 0. The van der Waals surface area contributed by atoms with Crippen molar-refractivity contribution in [1.82, 2.24) is 0 Å². The summed E-state index contributed by atoms with van der Waals surface area (Å²) in [5.74, 6) is 1.55. The van der Waals surface area contributed by atoms with Crippen LogP contribution >= 0.6 is 0 Å². The first-order valence-electron chi connectivity index (χ1n) is 14.3. The van der Waals surface area contributed by atoms with Gasteiger partial charge in [-0.05, 0) is 98.7 Å². The molecule has 3 aromatic rings. The first kappa shape index (κ1) is 25.7. The summed E-state index contributed by atoms with van der Waals surface area (Å²) in [5, 5.41) is 34.1. The van der Waals surface area contributed by atoms with E-state index in [1.807, 2.05) is 37.3 Å². The van der Waals surface area contributed by atoms with Crippen molar-refractivity contribution >= 4 is 0 Å². The first-order chi connectivity index (χ1) is 17.8. The third-order valence-electron chi connectivity index (χ3n) is 9.38. The second-order valence-electron chi connectivity index (χ2n) is 11.8. The lowest BCUT2D eigenvalue weighted by atomic mass is 9.67. The van der Waals surface area contributed by atoms with E-state index in [9.17, 15) is 15.3 Å². The van der Waals surface area contributed by atoms with Gasteiger partial charge in [0.1, 0.15) is 17.2 Å². The first-order valence-corrected chi connectivity index (χ1v) is 14.3. The molecular formula is C34H42O3. The second-order valence-corrected chi connectivity index (χ2v) is 11.8. The molecule has 0 amide bonds. The highest BCUT2D eigenvalue weighted by Gasteiger charge is 2.39. The van der Waals surface area contributed by atoms with Crippen molar-refractivity contribution in [3.8, 4) is 17.2 Å². The molecule has 0 heterocycles. The van der Waals surface area contributed by atoms with E-state index < -0.39 is 5.41 Å². The van der Waals surface area contributed by atoms with Crippen LogP contribution in [-0.2, 0) is 5.41 Å². The lowest BCUT2D eigenvalue weighted by molar-refractivity contribution is 0.421. The van der Waals surface area contributed by atoms with Crippen LogP contribution in [0.5, 0.6) is 17.2 Å². The van der Waals surface area contributed by atoms with Crippen LogP contribution in [-0.4, -0.2) is 15.3 Å². The van der Waals surface area contributed by atoms with Crippen molar-refractivity contribution in [3.05, 3.63) is 87.5 Å². The zero-order valence-corrected chi connectivity index (χ0v) is 22.7. The van der Waals surface area contributed by atoms with Gasteiger partial charge in [-0.15, -0.1) is 0 Å². The molecule has 0 atom stereocenters. The van der Waals surface area contributed by atoms with Crippen LogP contribution in [0, 0.1) is 13.8 Å². The van der Waals surface area contributed by atoms with Crippen molar-refractivity contribution in [2.24, 2.45) is 0 Å². The molecule has 0 spiro atoms. The van der Waals surface area contributed by atoms with Crippen LogP contribution in [0.2, 0.25) is 0 Å². The Morgan fingerprint density at radius 1 is 0.568 bits per heavy atom. The Bertz CT molecular complexity index is 1190. The summed E-state index contributed by atoms with van der Waals surface area (Å²) in [4.78, 5) is 0. The predicted octanol–water partition coefficient (Wildman–Crippen LogP) is 8.87. The highest BCUT2D eigenvalue weighted by Crippen LogP contribution is 2.51. The Morgan fingerprint density at radius 3 is 1.43 bits per heavy atom. The minimum Gasteiger partial charge on any atom is -0.508 e. The van der Waals surface area contributed by atoms with E-state index >= 15 is 0 Å². The zero-order chi connectivity index (χ0) is 26.2. The predicted molar refractivity (Wildman–Crippen MR) is 151 cm³/mol. The molecule has 2 aliphatic rings. The number of phenols is 3. The second kappa shape index (κ2) is 10.4. The van der Waals surface area contributed by atoms with Gasteiger partial charge in [0.25, 0.3) is 0 Å². The maximum Gasteiger partial charge on any atom is 0.120 e. The average molecular weight is 499 g/mol. The quantitative estimate of drug-likeness (QED) is 0.308. The standard InChI is InChI=1S/C34H42O3/c1-22-18-32(36)29(20-26(22)24-12-6-4-7-13-24)34(3,28-16-10-11-17-31(28)35)30-21-27(23(2)19-33(30)37)25-14-8-5-9-15-25/h10-11,16-21,24-25,35-37H,4-9,12-15H2,1-3H3. The molecule has 0 radical (unpaired) electrons. The molecule has 2 fully saturated rings. The van der Waals surface area contributed by atoms with Gasteiger partial charge in [0.15, 0.2) is 0 Å². The minimum atomic E-state index is -0.937. The number of aryl methyl sites for hydroxylation is 2. The maximum absolute atomic E-state index is 11.5. The van der Waals surface area contributed by atoms with Gasteiger partial charge >= 0.3 is 0 Å². The summed E-state index contributed by atoms with van der Waals surface area (Å²) in [6.07, 6.45) is 12.2.